The van der Waals surface area contributed by atoms with Gasteiger partial charge in [0.05, 0.1) is 29.1 Å². The van der Waals surface area contributed by atoms with Gasteiger partial charge in [-0.1, -0.05) is 30.3 Å². The van der Waals surface area contributed by atoms with Crippen molar-refractivity contribution < 1.29 is 18.0 Å². The summed E-state index contributed by atoms with van der Waals surface area (Å²) in [4.78, 5) is 20.5. The van der Waals surface area contributed by atoms with E-state index < -0.39 is 11.7 Å². The minimum atomic E-state index is -4.50. The molecule has 0 saturated carbocycles. The van der Waals surface area contributed by atoms with Crippen molar-refractivity contribution >= 4 is 23.2 Å². The molecule has 2 aromatic carbocycles. The van der Waals surface area contributed by atoms with Crippen molar-refractivity contribution in [2.75, 3.05) is 10.6 Å². The first kappa shape index (κ1) is 17.0. The van der Waals surface area contributed by atoms with Gasteiger partial charge in [-0.15, -0.1) is 0 Å². The highest BCUT2D eigenvalue weighted by atomic mass is 19.4. The standard InChI is InChI=1S/C19H13F3N4O/c20-19(21,22)13-6-2-4-8-15(13)25-18-23-10-11-9-16(27)24-14-7-3-1-5-12(14)17(11)26-18/h1-8,10H,9H2,(H,24,27)(H,23,25,26). The summed E-state index contributed by atoms with van der Waals surface area (Å²) in [5, 5.41) is 5.44. The highest BCUT2D eigenvalue weighted by Crippen LogP contribution is 2.36. The fraction of sp³-hybridized carbons (Fsp3) is 0.105. The average molecular weight is 370 g/mol. The highest BCUT2D eigenvalue weighted by molar-refractivity contribution is 5.99. The quantitative estimate of drug-likeness (QED) is 0.702. The summed E-state index contributed by atoms with van der Waals surface area (Å²) < 4.78 is 39.6. The molecule has 0 spiro atoms. The fourth-order valence-electron chi connectivity index (χ4n) is 2.96. The van der Waals surface area contributed by atoms with Crippen molar-refractivity contribution in [2.24, 2.45) is 0 Å². The molecule has 0 fully saturated rings. The first-order chi connectivity index (χ1) is 12.9. The van der Waals surface area contributed by atoms with Gasteiger partial charge in [-0.2, -0.15) is 13.2 Å². The maximum absolute atomic E-state index is 13.2. The third-order valence-electron chi connectivity index (χ3n) is 4.15. The Bertz CT molecular complexity index is 1030. The number of carbonyl (C=O) groups excluding carboxylic acids is 1. The van der Waals surface area contributed by atoms with E-state index in [0.717, 1.165) is 6.07 Å². The summed E-state index contributed by atoms with van der Waals surface area (Å²) in [7, 11) is 0. The Balaban J connectivity index is 1.78. The number of rotatable bonds is 2. The number of hydrogen-bond donors (Lipinski definition) is 2. The lowest BCUT2D eigenvalue weighted by atomic mass is 10.1. The first-order valence-electron chi connectivity index (χ1n) is 8.10. The van der Waals surface area contributed by atoms with Gasteiger partial charge in [0, 0.05) is 17.3 Å². The number of alkyl halides is 3. The second-order valence-electron chi connectivity index (χ2n) is 6.01. The molecule has 136 valence electrons. The molecule has 2 N–H and O–H groups in total. The molecule has 1 aromatic heterocycles. The molecule has 8 heteroatoms. The number of nitrogens with one attached hydrogen (secondary N) is 2. The molecular weight excluding hydrogens is 357 g/mol. The molecule has 0 aliphatic carbocycles. The number of halogens is 3. The van der Waals surface area contributed by atoms with Gasteiger partial charge in [0.15, 0.2) is 0 Å². The average Bonchev–Trinajstić information content (AvgIpc) is 2.76. The number of fused-ring (bicyclic) bond motifs is 3. The van der Waals surface area contributed by atoms with Crippen LogP contribution in [0.3, 0.4) is 0 Å². The van der Waals surface area contributed by atoms with E-state index in [0.29, 0.717) is 22.5 Å². The van der Waals surface area contributed by atoms with Crippen LogP contribution >= 0.6 is 0 Å². The van der Waals surface area contributed by atoms with Gasteiger partial charge in [0.2, 0.25) is 11.9 Å². The summed E-state index contributed by atoms with van der Waals surface area (Å²) in [6.07, 6.45) is -2.95. The van der Waals surface area contributed by atoms with Crippen molar-refractivity contribution in [3.63, 3.8) is 0 Å². The number of amides is 1. The van der Waals surface area contributed by atoms with Crippen molar-refractivity contribution in [1.29, 1.82) is 0 Å². The monoisotopic (exact) mass is 370 g/mol. The van der Waals surface area contributed by atoms with Gasteiger partial charge >= 0.3 is 6.18 Å². The molecule has 5 nitrogen and oxygen atoms in total. The van der Waals surface area contributed by atoms with Crippen molar-refractivity contribution in [1.82, 2.24) is 9.97 Å². The van der Waals surface area contributed by atoms with E-state index in [1.807, 2.05) is 0 Å². The van der Waals surface area contributed by atoms with E-state index in [1.54, 1.807) is 24.3 Å². The van der Waals surface area contributed by atoms with Crippen LogP contribution in [0.15, 0.2) is 54.7 Å². The smallest absolute Gasteiger partial charge is 0.325 e. The van der Waals surface area contributed by atoms with Crippen LogP contribution in [-0.4, -0.2) is 15.9 Å². The van der Waals surface area contributed by atoms with Gasteiger partial charge in [0.25, 0.3) is 0 Å². The molecule has 1 amide bonds. The molecule has 0 unspecified atom stereocenters. The summed E-state index contributed by atoms with van der Waals surface area (Å²) in [6, 6.07) is 12.2. The number of nitrogens with zero attached hydrogens (tertiary/aromatic N) is 2. The second kappa shape index (κ2) is 6.39. The third-order valence-corrected chi connectivity index (χ3v) is 4.15. The van der Waals surface area contributed by atoms with Crippen molar-refractivity contribution in [2.45, 2.75) is 12.6 Å². The molecule has 0 radical (unpaired) electrons. The Hall–Kier alpha value is -3.42. The Morgan fingerprint density at radius 2 is 1.78 bits per heavy atom. The molecule has 1 aliphatic rings. The molecule has 2 heterocycles. The van der Waals surface area contributed by atoms with E-state index in [4.69, 9.17) is 0 Å². The fourth-order valence-corrected chi connectivity index (χ4v) is 2.96. The highest BCUT2D eigenvalue weighted by Gasteiger charge is 2.33. The van der Waals surface area contributed by atoms with Gasteiger partial charge in [-0.25, -0.2) is 9.97 Å². The number of benzene rings is 2. The molecule has 4 rings (SSSR count). The molecule has 1 aliphatic heterocycles. The normalized spacial score (nSPS) is 13.2. The van der Waals surface area contributed by atoms with Crippen LogP contribution in [0.2, 0.25) is 0 Å². The zero-order valence-corrected chi connectivity index (χ0v) is 13.8. The minimum absolute atomic E-state index is 0.0228. The first-order valence-corrected chi connectivity index (χ1v) is 8.10. The van der Waals surface area contributed by atoms with Crippen LogP contribution in [0.1, 0.15) is 11.1 Å². The van der Waals surface area contributed by atoms with Crippen LogP contribution in [0.5, 0.6) is 0 Å². The number of para-hydroxylation sites is 2. The second-order valence-corrected chi connectivity index (χ2v) is 6.01. The Kier molecular flexibility index (Phi) is 4.02. The lowest BCUT2D eigenvalue weighted by Crippen LogP contribution is -2.13. The van der Waals surface area contributed by atoms with E-state index in [9.17, 15) is 18.0 Å². The number of hydrogen-bond acceptors (Lipinski definition) is 4. The molecule has 0 atom stereocenters. The molecule has 0 bridgehead atoms. The number of aromatic nitrogens is 2. The number of anilines is 3. The lowest BCUT2D eigenvalue weighted by Gasteiger charge is -2.14. The zero-order chi connectivity index (χ0) is 19.0. The molecule has 3 aromatic rings. The lowest BCUT2D eigenvalue weighted by molar-refractivity contribution is -0.136. The largest absolute Gasteiger partial charge is 0.418 e. The predicted octanol–water partition coefficient (Wildman–Crippen LogP) is 4.40. The van der Waals surface area contributed by atoms with Crippen molar-refractivity contribution in [3.05, 3.63) is 65.9 Å². The van der Waals surface area contributed by atoms with Crippen molar-refractivity contribution in [3.8, 4) is 11.3 Å². The Labute approximate surface area is 152 Å². The van der Waals surface area contributed by atoms with E-state index in [-0.39, 0.29) is 24.0 Å². The summed E-state index contributed by atoms with van der Waals surface area (Å²) >= 11 is 0. The van der Waals surface area contributed by atoms with Crippen LogP contribution in [0, 0.1) is 0 Å². The SMILES string of the molecule is O=C1Cc2cnc(Nc3ccccc3C(F)(F)F)nc2-c2ccccc2N1. The maximum atomic E-state index is 13.2. The van der Waals surface area contributed by atoms with Gasteiger partial charge < -0.3 is 10.6 Å². The molecule has 0 saturated heterocycles. The van der Waals surface area contributed by atoms with Gasteiger partial charge in [0.1, 0.15) is 0 Å². The topological polar surface area (TPSA) is 66.9 Å². The summed E-state index contributed by atoms with van der Waals surface area (Å²) in [5.41, 5.74) is 1.45. The molecular formula is C19H13F3N4O. The summed E-state index contributed by atoms with van der Waals surface area (Å²) in [6.45, 7) is 0. The van der Waals surface area contributed by atoms with E-state index >= 15 is 0 Å². The zero-order valence-electron chi connectivity index (χ0n) is 13.8. The summed E-state index contributed by atoms with van der Waals surface area (Å²) in [5.74, 6) is -0.178. The third kappa shape index (κ3) is 3.33. The minimum Gasteiger partial charge on any atom is -0.325 e. The van der Waals surface area contributed by atoms with E-state index in [2.05, 4.69) is 20.6 Å². The van der Waals surface area contributed by atoms with Crippen LogP contribution in [-0.2, 0) is 17.4 Å². The van der Waals surface area contributed by atoms with Gasteiger partial charge in [-0.3, -0.25) is 4.79 Å². The number of carbonyl (C=O) groups is 1. The predicted molar refractivity (Wildman–Crippen MR) is 94.5 cm³/mol. The van der Waals surface area contributed by atoms with Crippen LogP contribution < -0.4 is 10.6 Å². The van der Waals surface area contributed by atoms with E-state index in [1.165, 1.54) is 24.4 Å². The maximum Gasteiger partial charge on any atom is 0.418 e. The Morgan fingerprint density at radius 1 is 1.04 bits per heavy atom. The van der Waals surface area contributed by atoms with Crippen LogP contribution in [0.4, 0.5) is 30.5 Å². The van der Waals surface area contributed by atoms with Gasteiger partial charge in [-0.05, 0) is 18.2 Å². The van der Waals surface area contributed by atoms with Crippen LogP contribution in [0.25, 0.3) is 11.3 Å². The Morgan fingerprint density at radius 3 is 2.59 bits per heavy atom. The molecule has 27 heavy (non-hydrogen) atoms.